The molecule has 1 aromatic rings. The smallest absolute Gasteiger partial charge is 0.239 e. The number of halogens is 1. The van der Waals surface area contributed by atoms with Crippen molar-refractivity contribution in [2.75, 3.05) is 18.4 Å². The fourth-order valence-electron chi connectivity index (χ4n) is 1.90. The van der Waals surface area contributed by atoms with Gasteiger partial charge in [0.2, 0.25) is 5.91 Å². The predicted molar refractivity (Wildman–Crippen MR) is 86.4 cm³/mol. The molecule has 0 radical (unpaired) electrons. The van der Waals surface area contributed by atoms with Crippen LogP contribution in [0.1, 0.15) is 44.6 Å². The summed E-state index contributed by atoms with van der Waals surface area (Å²) in [6, 6.07) is 5.71. The molecule has 0 aromatic heterocycles. The molecule has 1 aromatic carbocycles. The lowest BCUT2D eigenvalue weighted by Gasteiger charge is -2.09. The third-order valence-corrected chi connectivity index (χ3v) is 3.63. The summed E-state index contributed by atoms with van der Waals surface area (Å²) in [7, 11) is 0. The molecule has 0 atom stereocenters. The number of nitrogens with one attached hydrogen (secondary N) is 2. The normalized spacial score (nSPS) is 10.3. The van der Waals surface area contributed by atoms with Gasteiger partial charge in [-0.15, -0.1) is 0 Å². The van der Waals surface area contributed by atoms with Gasteiger partial charge in [0.1, 0.15) is 0 Å². The Morgan fingerprint density at radius 3 is 2.65 bits per heavy atom. The Morgan fingerprint density at radius 1 is 1.20 bits per heavy atom. The summed E-state index contributed by atoms with van der Waals surface area (Å²) in [5, 5.41) is 6.71. The Bertz CT molecular complexity index is 421. The van der Waals surface area contributed by atoms with Crippen LogP contribution < -0.4 is 10.6 Å². The number of benzene rings is 1. The highest BCUT2D eigenvalue weighted by atomic mass is 35.5. The molecule has 0 fully saturated rings. The zero-order valence-corrected chi connectivity index (χ0v) is 13.2. The van der Waals surface area contributed by atoms with Crippen molar-refractivity contribution in [1.82, 2.24) is 5.32 Å². The molecule has 2 N–H and O–H groups in total. The van der Waals surface area contributed by atoms with Crippen molar-refractivity contribution in [1.29, 1.82) is 0 Å². The standard InChI is InChI=1S/C16H25ClN2O/c1-3-4-5-6-7-10-18-16(20)12-19-14-9-8-13(2)15(17)11-14/h8-9,11,19H,3-7,10,12H2,1-2H3,(H,18,20). The predicted octanol–water partition coefficient (Wildman–Crippen LogP) is 4.15. The first-order chi connectivity index (χ1) is 9.63. The Labute approximate surface area is 127 Å². The SMILES string of the molecule is CCCCCCCNC(=O)CNc1ccc(C)c(Cl)c1. The number of aryl methyl sites for hydroxylation is 1. The monoisotopic (exact) mass is 296 g/mol. The molecular formula is C16H25ClN2O. The van der Waals surface area contributed by atoms with Crippen molar-refractivity contribution in [2.45, 2.75) is 46.0 Å². The molecule has 112 valence electrons. The molecule has 4 heteroatoms. The van der Waals surface area contributed by atoms with Gasteiger partial charge in [-0.3, -0.25) is 4.79 Å². The molecule has 0 spiro atoms. The minimum atomic E-state index is 0.0252. The van der Waals surface area contributed by atoms with E-state index in [1.165, 1.54) is 25.7 Å². The van der Waals surface area contributed by atoms with Crippen LogP contribution in [0.15, 0.2) is 18.2 Å². The number of hydrogen-bond acceptors (Lipinski definition) is 2. The number of amides is 1. The van der Waals surface area contributed by atoms with E-state index in [1.54, 1.807) is 0 Å². The maximum Gasteiger partial charge on any atom is 0.239 e. The van der Waals surface area contributed by atoms with E-state index in [4.69, 9.17) is 11.6 Å². The van der Waals surface area contributed by atoms with E-state index in [2.05, 4.69) is 17.6 Å². The van der Waals surface area contributed by atoms with Crippen LogP contribution in [-0.4, -0.2) is 19.0 Å². The Balaban J connectivity index is 2.15. The van der Waals surface area contributed by atoms with E-state index in [0.717, 1.165) is 24.2 Å². The van der Waals surface area contributed by atoms with Crippen LogP contribution in [0.25, 0.3) is 0 Å². The van der Waals surface area contributed by atoms with Crippen LogP contribution in [-0.2, 0) is 4.79 Å². The molecule has 0 aliphatic rings. The van der Waals surface area contributed by atoms with Gasteiger partial charge < -0.3 is 10.6 Å². The maximum atomic E-state index is 11.7. The van der Waals surface area contributed by atoms with E-state index < -0.39 is 0 Å². The topological polar surface area (TPSA) is 41.1 Å². The number of carbonyl (C=O) groups excluding carboxylic acids is 1. The van der Waals surface area contributed by atoms with Gasteiger partial charge in [-0.2, -0.15) is 0 Å². The van der Waals surface area contributed by atoms with Gasteiger partial charge in [0.15, 0.2) is 0 Å². The highest BCUT2D eigenvalue weighted by Gasteiger charge is 2.02. The zero-order chi connectivity index (χ0) is 14.8. The van der Waals surface area contributed by atoms with Gasteiger partial charge in [0.25, 0.3) is 0 Å². The van der Waals surface area contributed by atoms with Gasteiger partial charge in [-0.1, -0.05) is 50.3 Å². The van der Waals surface area contributed by atoms with Crippen molar-refractivity contribution < 1.29 is 4.79 Å². The largest absolute Gasteiger partial charge is 0.376 e. The van der Waals surface area contributed by atoms with Gasteiger partial charge in [-0.25, -0.2) is 0 Å². The average Bonchev–Trinajstić information content (AvgIpc) is 2.44. The molecule has 0 saturated carbocycles. The lowest BCUT2D eigenvalue weighted by Crippen LogP contribution is -2.30. The average molecular weight is 297 g/mol. The Hall–Kier alpha value is -1.22. The third kappa shape index (κ3) is 6.80. The van der Waals surface area contributed by atoms with E-state index in [1.807, 2.05) is 25.1 Å². The molecule has 1 amide bonds. The van der Waals surface area contributed by atoms with Crippen LogP contribution in [0.5, 0.6) is 0 Å². The zero-order valence-electron chi connectivity index (χ0n) is 12.5. The second kappa shape index (κ2) is 9.65. The molecule has 0 aliphatic heterocycles. The highest BCUT2D eigenvalue weighted by molar-refractivity contribution is 6.31. The second-order valence-electron chi connectivity index (χ2n) is 5.08. The number of anilines is 1. The lowest BCUT2D eigenvalue weighted by molar-refractivity contribution is -0.119. The van der Waals surface area contributed by atoms with Crippen LogP contribution in [0.3, 0.4) is 0 Å². The third-order valence-electron chi connectivity index (χ3n) is 3.23. The van der Waals surface area contributed by atoms with Crippen LogP contribution in [0.2, 0.25) is 5.02 Å². The van der Waals surface area contributed by atoms with Crippen molar-refractivity contribution in [2.24, 2.45) is 0 Å². The highest BCUT2D eigenvalue weighted by Crippen LogP contribution is 2.19. The molecule has 0 unspecified atom stereocenters. The second-order valence-corrected chi connectivity index (χ2v) is 5.49. The molecule has 1 rings (SSSR count). The first-order valence-corrected chi connectivity index (χ1v) is 7.78. The van der Waals surface area contributed by atoms with Gasteiger partial charge >= 0.3 is 0 Å². The minimum Gasteiger partial charge on any atom is -0.376 e. The number of unbranched alkanes of at least 4 members (excludes halogenated alkanes) is 4. The summed E-state index contributed by atoms with van der Waals surface area (Å²) < 4.78 is 0. The molecule has 0 bridgehead atoms. The van der Waals surface area contributed by atoms with Gasteiger partial charge in [0, 0.05) is 17.3 Å². The maximum absolute atomic E-state index is 11.7. The van der Waals surface area contributed by atoms with Gasteiger partial charge in [-0.05, 0) is 31.0 Å². The molecular weight excluding hydrogens is 272 g/mol. The summed E-state index contributed by atoms with van der Waals surface area (Å²) in [6.45, 7) is 5.20. The summed E-state index contributed by atoms with van der Waals surface area (Å²) in [5.41, 5.74) is 1.91. The Kier molecular flexibility index (Phi) is 8.12. The molecule has 0 aliphatic carbocycles. The van der Waals surface area contributed by atoms with Crippen molar-refractivity contribution >= 4 is 23.2 Å². The summed E-state index contributed by atoms with van der Waals surface area (Å²) in [4.78, 5) is 11.7. The quantitative estimate of drug-likeness (QED) is 0.672. The molecule has 20 heavy (non-hydrogen) atoms. The summed E-state index contributed by atoms with van der Waals surface area (Å²) in [6.07, 6.45) is 6.03. The van der Waals surface area contributed by atoms with Crippen molar-refractivity contribution in [3.05, 3.63) is 28.8 Å². The van der Waals surface area contributed by atoms with Gasteiger partial charge in [0.05, 0.1) is 6.54 Å². The lowest BCUT2D eigenvalue weighted by atomic mass is 10.1. The number of rotatable bonds is 9. The van der Waals surface area contributed by atoms with Crippen LogP contribution in [0, 0.1) is 6.92 Å². The van der Waals surface area contributed by atoms with Crippen LogP contribution >= 0.6 is 11.6 Å². The summed E-state index contributed by atoms with van der Waals surface area (Å²) in [5.74, 6) is 0.0252. The molecule has 0 heterocycles. The number of carbonyl (C=O) groups is 1. The van der Waals surface area contributed by atoms with E-state index >= 15 is 0 Å². The first-order valence-electron chi connectivity index (χ1n) is 7.40. The van der Waals surface area contributed by atoms with E-state index in [0.29, 0.717) is 5.02 Å². The summed E-state index contributed by atoms with van der Waals surface area (Å²) >= 11 is 6.03. The Morgan fingerprint density at radius 2 is 1.95 bits per heavy atom. The first kappa shape index (κ1) is 16.8. The van der Waals surface area contributed by atoms with Crippen molar-refractivity contribution in [3.8, 4) is 0 Å². The van der Waals surface area contributed by atoms with E-state index in [9.17, 15) is 4.79 Å². The fraction of sp³-hybridized carbons (Fsp3) is 0.562. The van der Waals surface area contributed by atoms with Crippen molar-refractivity contribution in [3.63, 3.8) is 0 Å². The number of hydrogen-bond donors (Lipinski definition) is 2. The fourth-order valence-corrected chi connectivity index (χ4v) is 2.08. The molecule has 0 saturated heterocycles. The van der Waals surface area contributed by atoms with E-state index in [-0.39, 0.29) is 12.5 Å². The molecule has 3 nitrogen and oxygen atoms in total. The minimum absolute atomic E-state index is 0.0252. The van der Waals surface area contributed by atoms with Crippen LogP contribution in [0.4, 0.5) is 5.69 Å².